The molecule has 21 heavy (non-hydrogen) atoms. The Hall–Kier alpha value is -2.14. The molecule has 2 N–H and O–H groups in total. The van der Waals surface area contributed by atoms with E-state index >= 15 is 0 Å². The maximum absolute atomic E-state index is 9.44. The molecule has 0 bridgehead atoms. The predicted molar refractivity (Wildman–Crippen MR) is 79.2 cm³/mol. The standard InChI is InChI=1S/C13H17N7S/c1-4-8-9(7-14)12(18-16-10(8)5-2)21-13-19-17-11(6-3)20(13)15/h4-6,15H2,1-3H3. The van der Waals surface area contributed by atoms with Crippen molar-refractivity contribution in [2.24, 2.45) is 0 Å². The van der Waals surface area contributed by atoms with Crippen molar-refractivity contribution >= 4 is 11.8 Å². The van der Waals surface area contributed by atoms with Crippen molar-refractivity contribution in [1.82, 2.24) is 25.1 Å². The second kappa shape index (κ2) is 6.54. The Morgan fingerprint density at radius 2 is 1.86 bits per heavy atom. The summed E-state index contributed by atoms with van der Waals surface area (Å²) in [5.74, 6) is 6.60. The number of rotatable bonds is 5. The third kappa shape index (κ3) is 2.83. The van der Waals surface area contributed by atoms with E-state index < -0.39 is 0 Å². The first-order valence-corrected chi connectivity index (χ1v) is 7.63. The Morgan fingerprint density at radius 3 is 2.38 bits per heavy atom. The van der Waals surface area contributed by atoms with E-state index in [1.807, 2.05) is 20.8 Å². The molecular weight excluding hydrogens is 286 g/mol. The molecule has 2 heterocycles. The van der Waals surface area contributed by atoms with E-state index in [-0.39, 0.29) is 0 Å². The van der Waals surface area contributed by atoms with E-state index in [9.17, 15) is 5.26 Å². The summed E-state index contributed by atoms with van der Waals surface area (Å²) in [6.45, 7) is 5.96. The van der Waals surface area contributed by atoms with Crippen molar-refractivity contribution in [2.45, 2.75) is 50.2 Å². The fraction of sp³-hybridized carbons (Fsp3) is 0.462. The molecule has 0 atom stereocenters. The van der Waals surface area contributed by atoms with Gasteiger partial charge in [0, 0.05) is 6.42 Å². The monoisotopic (exact) mass is 303 g/mol. The van der Waals surface area contributed by atoms with Crippen molar-refractivity contribution < 1.29 is 0 Å². The number of nitriles is 1. The second-order valence-corrected chi connectivity index (χ2v) is 5.30. The van der Waals surface area contributed by atoms with Crippen LogP contribution in [-0.4, -0.2) is 25.1 Å². The molecule has 8 heteroatoms. The normalized spacial score (nSPS) is 10.6. The van der Waals surface area contributed by atoms with E-state index in [4.69, 9.17) is 5.84 Å². The maximum atomic E-state index is 9.44. The third-order valence-corrected chi connectivity index (χ3v) is 4.11. The fourth-order valence-corrected chi connectivity index (χ4v) is 2.86. The van der Waals surface area contributed by atoms with Gasteiger partial charge in [-0.05, 0) is 30.2 Å². The lowest BCUT2D eigenvalue weighted by atomic mass is 10.1. The summed E-state index contributed by atoms with van der Waals surface area (Å²) in [4.78, 5) is 0. The molecule has 0 aromatic carbocycles. The van der Waals surface area contributed by atoms with E-state index in [0.29, 0.717) is 28.0 Å². The molecule has 0 aliphatic heterocycles. The first-order valence-electron chi connectivity index (χ1n) is 6.81. The van der Waals surface area contributed by atoms with Crippen molar-refractivity contribution in [1.29, 1.82) is 5.26 Å². The molecule has 0 amide bonds. The minimum atomic E-state index is 0.504. The highest BCUT2D eigenvalue weighted by molar-refractivity contribution is 7.99. The van der Waals surface area contributed by atoms with Crippen LogP contribution in [0.1, 0.15) is 43.4 Å². The van der Waals surface area contributed by atoms with E-state index in [1.165, 1.54) is 16.4 Å². The zero-order chi connectivity index (χ0) is 15.4. The lowest BCUT2D eigenvalue weighted by molar-refractivity contribution is 0.785. The van der Waals surface area contributed by atoms with Gasteiger partial charge >= 0.3 is 0 Å². The fourth-order valence-electron chi connectivity index (χ4n) is 2.05. The Balaban J connectivity index is 2.45. The molecule has 2 rings (SSSR count). The molecule has 0 saturated heterocycles. The van der Waals surface area contributed by atoms with Crippen LogP contribution < -0.4 is 5.84 Å². The summed E-state index contributed by atoms with van der Waals surface area (Å²) in [5.41, 5.74) is 2.36. The van der Waals surface area contributed by atoms with Crippen LogP contribution in [0.2, 0.25) is 0 Å². The minimum absolute atomic E-state index is 0.504. The van der Waals surface area contributed by atoms with Crippen molar-refractivity contribution in [3.8, 4) is 6.07 Å². The van der Waals surface area contributed by atoms with Gasteiger partial charge in [0.2, 0.25) is 5.16 Å². The number of nitrogens with two attached hydrogens (primary N) is 1. The van der Waals surface area contributed by atoms with Gasteiger partial charge in [-0.1, -0.05) is 20.8 Å². The second-order valence-electron chi connectivity index (χ2n) is 4.35. The Labute approximate surface area is 127 Å². The van der Waals surface area contributed by atoms with Crippen LogP contribution in [0.4, 0.5) is 0 Å². The molecule has 0 fully saturated rings. The van der Waals surface area contributed by atoms with Gasteiger partial charge < -0.3 is 5.84 Å². The van der Waals surface area contributed by atoms with Gasteiger partial charge in [-0.2, -0.15) is 10.4 Å². The van der Waals surface area contributed by atoms with Gasteiger partial charge in [0.15, 0.2) is 5.82 Å². The van der Waals surface area contributed by atoms with Crippen LogP contribution in [0.3, 0.4) is 0 Å². The van der Waals surface area contributed by atoms with Crippen LogP contribution in [0.25, 0.3) is 0 Å². The van der Waals surface area contributed by atoms with Gasteiger partial charge in [-0.15, -0.1) is 15.3 Å². The lowest BCUT2D eigenvalue weighted by Gasteiger charge is -2.09. The number of hydrogen-bond acceptors (Lipinski definition) is 7. The molecular formula is C13H17N7S. The van der Waals surface area contributed by atoms with Gasteiger partial charge in [0.25, 0.3) is 0 Å². The Morgan fingerprint density at radius 1 is 1.10 bits per heavy atom. The molecule has 110 valence electrons. The first-order chi connectivity index (χ1) is 10.2. The van der Waals surface area contributed by atoms with E-state index in [1.54, 1.807) is 0 Å². The van der Waals surface area contributed by atoms with Gasteiger partial charge in [-0.3, -0.25) is 0 Å². The van der Waals surface area contributed by atoms with E-state index in [2.05, 4.69) is 26.5 Å². The Bertz CT molecular complexity index is 687. The molecule has 0 radical (unpaired) electrons. The highest BCUT2D eigenvalue weighted by atomic mass is 32.2. The maximum Gasteiger partial charge on any atom is 0.216 e. The SMILES string of the molecule is CCc1nnc(Sc2nnc(CC)n2N)c(C#N)c1CC. The topological polar surface area (TPSA) is 106 Å². The average Bonchev–Trinajstić information content (AvgIpc) is 2.86. The van der Waals surface area contributed by atoms with E-state index in [0.717, 1.165) is 24.1 Å². The minimum Gasteiger partial charge on any atom is -0.336 e. The highest BCUT2D eigenvalue weighted by Crippen LogP contribution is 2.29. The predicted octanol–water partition coefficient (Wildman–Crippen LogP) is 1.49. The molecule has 2 aromatic heterocycles. The summed E-state index contributed by atoms with van der Waals surface area (Å²) in [5, 5.41) is 26.9. The number of hydrogen-bond donors (Lipinski definition) is 1. The third-order valence-electron chi connectivity index (χ3n) is 3.17. The molecule has 0 aliphatic carbocycles. The largest absolute Gasteiger partial charge is 0.336 e. The molecule has 0 unspecified atom stereocenters. The molecule has 0 aliphatic rings. The highest BCUT2D eigenvalue weighted by Gasteiger charge is 2.18. The summed E-state index contributed by atoms with van der Waals surface area (Å²) in [7, 11) is 0. The quantitative estimate of drug-likeness (QED) is 0.834. The molecule has 0 spiro atoms. The summed E-state index contributed by atoms with van der Waals surface area (Å²) < 4.78 is 1.42. The summed E-state index contributed by atoms with van der Waals surface area (Å²) in [6, 6.07) is 2.23. The van der Waals surface area contributed by atoms with Crippen LogP contribution >= 0.6 is 11.8 Å². The van der Waals surface area contributed by atoms with Crippen LogP contribution in [0, 0.1) is 11.3 Å². The van der Waals surface area contributed by atoms with Gasteiger partial charge in [0.05, 0.1) is 11.3 Å². The van der Waals surface area contributed by atoms with Gasteiger partial charge in [0.1, 0.15) is 11.1 Å². The van der Waals surface area contributed by atoms with Crippen LogP contribution in [0.15, 0.2) is 10.2 Å². The van der Waals surface area contributed by atoms with Crippen LogP contribution in [-0.2, 0) is 19.3 Å². The molecule has 7 nitrogen and oxygen atoms in total. The zero-order valence-corrected chi connectivity index (χ0v) is 13.1. The van der Waals surface area contributed by atoms with Gasteiger partial charge in [-0.25, -0.2) is 4.68 Å². The van der Waals surface area contributed by atoms with Crippen LogP contribution in [0.5, 0.6) is 0 Å². The lowest BCUT2D eigenvalue weighted by Crippen LogP contribution is -2.13. The summed E-state index contributed by atoms with van der Waals surface area (Å²) in [6.07, 6.45) is 2.18. The number of aryl methyl sites for hydroxylation is 2. The summed E-state index contributed by atoms with van der Waals surface area (Å²) >= 11 is 1.22. The Kier molecular flexibility index (Phi) is 4.75. The molecule has 2 aromatic rings. The van der Waals surface area contributed by atoms with Crippen molar-refractivity contribution in [3.63, 3.8) is 0 Å². The zero-order valence-electron chi connectivity index (χ0n) is 12.3. The van der Waals surface area contributed by atoms with Crippen molar-refractivity contribution in [3.05, 3.63) is 22.6 Å². The smallest absolute Gasteiger partial charge is 0.216 e. The first kappa shape index (κ1) is 15.3. The van der Waals surface area contributed by atoms with Crippen molar-refractivity contribution in [2.75, 3.05) is 5.84 Å². The number of nitrogen functional groups attached to an aromatic ring is 1. The molecule has 0 saturated carbocycles. The average molecular weight is 303 g/mol. The number of nitrogens with zero attached hydrogens (tertiary/aromatic N) is 6. The number of aromatic nitrogens is 5.